The van der Waals surface area contributed by atoms with Crippen LogP contribution in [0.2, 0.25) is 0 Å². The summed E-state index contributed by atoms with van der Waals surface area (Å²) in [5, 5.41) is 12.9. The van der Waals surface area contributed by atoms with Crippen LogP contribution in [0.25, 0.3) is 0 Å². The van der Waals surface area contributed by atoms with Crippen LogP contribution in [-0.2, 0) is 4.74 Å². The molecule has 3 unspecified atom stereocenters. The van der Waals surface area contributed by atoms with Gasteiger partial charge in [0.15, 0.2) is 0 Å². The number of likely N-dealkylation sites (N-methyl/N-ethyl adjacent to an activating group) is 1. The summed E-state index contributed by atoms with van der Waals surface area (Å²) in [6.45, 7) is 4.66. The molecule has 0 radical (unpaired) electrons. The topological polar surface area (TPSA) is 44.7 Å². The van der Waals surface area contributed by atoms with E-state index in [0.29, 0.717) is 6.04 Å². The molecule has 1 saturated carbocycles. The van der Waals surface area contributed by atoms with Crippen molar-refractivity contribution in [1.82, 2.24) is 10.2 Å². The van der Waals surface area contributed by atoms with Crippen LogP contribution in [0.5, 0.6) is 0 Å². The molecule has 3 atom stereocenters. The molecule has 0 aromatic carbocycles. The van der Waals surface area contributed by atoms with Crippen LogP contribution in [-0.4, -0.2) is 61.0 Å². The van der Waals surface area contributed by atoms with Crippen molar-refractivity contribution in [2.24, 2.45) is 0 Å². The lowest BCUT2D eigenvalue weighted by Gasteiger charge is -2.42. The number of aliphatic hydroxyl groups excluding tert-OH is 1. The fourth-order valence-corrected chi connectivity index (χ4v) is 3.58. The summed E-state index contributed by atoms with van der Waals surface area (Å²) in [4.78, 5) is 2.57. The summed E-state index contributed by atoms with van der Waals surface area (Å²) in [6.07, 6.45) is 5.68. The second-order valence-corrected chi connectivity index (χ2v) is 6.31. The lowest BCUT2D eigenvalue weighted by Crippen LogP contribution is -2.52. The number of nitrogens with one attached hydrogen (secondary N) is 1. The maximum Gasteiger partial charge on any atom is 0.0777 e. The Labute approximate surface area is 111 Å². The van der Waals surface area contributed by atoms with Gasteiger partial charge in [-0.3, -0.25) is 4.90 Å². The van der Waals surface area contributed by atoms with Crippen LogP contribution in [0, 0.1) is 0 Å². The zero-order valence-electron chi connectivity index (χ0n) is 12.0. The Morgan fingerprint density at radius 1 is 1.44 bits per heavy atom. The van der Waals surface area contributed by atoms with Gasteiger partial charge in [-0.15, -0.1) is 0 Å². The third-order valence-electron chi connectivity index (χ3n) is 5.11. The Hall–Kier alpha value is -0.160. The third kappa shape index (κ3) is 2.72. The average molecular weight is 256 g/mol. The Kier molecular flexibility index (Phi) is 4.32. The Bertz CT molecular complexity index is 281. The molecule has 2 aliphatic rings. The van der Waals surface area contributed by atoms with Crippen LogP contribution < -0.4 is 5.32 Å². The Morgan fingerprint density at radius 2 is 2.22 bits per heavy atom. The molecule has 2 rings (SSSR count). The molecule has 1 aliphatic carbocycles. The molecule has 0 spiro atoms. The summed E-state index contributed by atoms with van der Waals surface area (Å²) in [5.41, 5.74) is -0.0338. The molecule has 2 fully saturated rings. The summed E-state index contributed by atoms with van der Waals surface area (Å²) in [6, 6.07) is 0.597. The number of hydrogen-bond donors (Lipinski definition) is 2. The van der Waals surface area contributed by atoms with Crippen LogP contribution in [0.1, 0.15) is 39.0 Å². The van der Waals surface area contributed by atoms with Crippen molar-refractivity contribution in [1.29, 1.82) is 0 Å². The maximum atomic E-state index is 9.58. The highest BCUT2D eigenvalue weighted by atomic mass is 16.5. The molecule has 2 N–H and O–H groups in total. The molecular formula is C14H28N2O2. The fraction of sp³-hybridized carbons (Fsp3) is 1.00. The van der Waals surface area contributed by atoms with Gasteiger partial charge in [-0.25, -0.2) is 0 Å². The molecule has 18 heavy (non-hydrogen) atoms. The van der Waals surface area contributed by atoms with Gasteiger partial charge < -0.3 is 15.2 Å². The average Bonchev–Trinajstić information content (AvgIpc) is 2.84. The normalized spacial score (nSPS) is 42.3. The fourth-order valence-electron chi connectivity index (χ4n) is 3.58. The first-order valence-electron chi connectivity index (χ1n) is 7.15. The smallest absolute Gasteiger partial charge is 0.0777 e. The molecule has 1 aliphatic heterocycles. The van der Waals surface area contributed by atoms with Crippen LogP contribution in [0.4, 0.5) is 0 Å². The molecule has 4 nitrogen and oxygen atoms in total. The number of aliphatic hydroxyl groups is 1. The highest BCUT2D eigenvalue weighted by Gasteiger charge is 2.42. The summed E-state index contributed by atoms with van der Waals surface area (Å²) in [7, 11) is 3.79. The molecular weight excluding hydrogens is 228 g/mol. The van der Waals surface area contributed by atoms with E-state index in [1.165, 1.54) is 19.4 Å². The van der Waals surface area contributed by atoms with E-state index in [1.54, 1.807) is 0 Å². The van der Waals surface area contributed by atoms with E-state index in [0.717, 1.165) is 25.8 Å². The van der Waals surface area contributed by atoms with Gasteiger partial charge in [0.05, 0.1) is 12.2 Å². The number of hydrogen-bond acceptors (Lipinski definition) is 4. The van der Waals surface area contributed by atoms with Gasteiger partial charge in [0, 0.05) is 25.2 Å². The minimum absolute atomic E-state index is 0.0162. The largest absolute Gasteiger partial charge is 0.394 e. The van der Waals surface area contributed by atoms with E-state index < -0.39 is 0 Å². The minimum Gasteiger partial charge on any atom is -0.394 e. The molecule has 1 saturated heterocycles. The first-order valence-corrected chi connectivity index (χ1v) is 7.15. The minimum atomic E-state index is -0.0500. The molecule has 0 bridgehead atoms. The van der Waals surface area contributed by atoms with Crippen molar-refractivity contribution in [3.05, 3.63) is 0 Å². The first kappa shape index (κ1) is 14.3. The second-order valence-electron chi connectivity index (χ2n) is 6.31. The lowest BCUT2D eigenvalue weighted by atomic mass is 9.92. The summed E-state index contributed by atoms with van der Waals surface area (Å²) >= 11 is 0. The number of nitrogens with zero attached hydrogens (tertiary/aromatic N) is 1. The SMILES string of the molecule is CNC1(CO)CCC(N2CCCC(C)(OC)C2)C1. The van der Waals surface area contributed by atoms with Gasteiger partial charge in [0.25, 0.3) is 0 Å². The van der Waals surface area contributed by atoms with Gasteiger partial charge in [-0.05, 0) is 52.6 Å². The molecule has 4 heteroatoms. The third-order valence-corrected chi connectivity index (χ3v) is 5.11. The molecule has 0 aromatic heterocycles. The zero-order valence-corrected chi connectivity index (χ0v) is 12.0. The van der Waals surface area contributed by atoms with Crippen molar-refractivity contribution >= 4 is 0 Å². The monoisotopic (exact) mass is 256 g/mol. The van der Waals surface area contributed by atoms with Crippen LogP contribution >= 0.6 is 0 Å². The van der Waals surface area contributed by atoms with E-state index in [9.17, 15) is 5.11 Å². The molecule has 1 heterocycles. The summed E-state index contributed by atoms with van der Waals surface area (Å²) < 4.78 is 5.67. The second kappa shape index (κ2) is 5.45. The van der Waals surface area contributed by atoms with Gasteiger partial charge in [-0.1, -0.05) is 0 Å². The van der Waals surface area contributed by atoms with Crippen LogP contribution in [0.15, 0.2) is 0 Å². The first-order chi connectivity index (χ1) is 8.56. The van der Waals surface area contributed by atoms with Gasteiger partial charge in [-0.2, -0.15) is 0 Å². The van der Waals surface area contributed by atoms with Gasteiger partial charge >= 0.3 is 0 Å². The van der Waals surface area contributed by atoms with Crippen LogP contribution in [0.3, 0.4) is 0 Å². The van der Waals surface area contributed by atoms with Gasteiger partial charge in [0.1, 0.15) is 0 Å². The van der Waals surface area contributed by atoms with E-state index in [-0.39, 0.29) is 17.7 Å². The van der Waals surface area contributed by atoms with Crippen molar-refractivity contribution < 1.29 is 9.84 Å². The highest BCUT2D eigenvalue weighted by Crippen LogP contribution is 2.35. The lowest BCUT2D eigenvalue weighted by molar-refractivity contribution is -0.0614. The van der Waals surface area contributed by atoms with E-state index >= 15 is 0 Å². The Morgan fingerprint density at radius 3 is 2.78 bits per heavy atom. The number of piperidine rings is 1. The quantitative estimate of drug-likeness (QED) is 0.787. The molecule has 0 aromatic rings. The van der Waals surface area contributed by atoms with Crippen molar-refractivity contribution in [2.75, 3.05) is 33.9 Å². The zero-order chi connectivity index (χ0) is 13.2. The van der Waals surface area contributed by atoms with Crippen molar-refractivity contribution in [3.8, 4) is 0 Å². The van der Waals surface area contributed by atoms with Crippen molar-refractivity contribution in [3.63, 3.8) is 0 Å². The van der Waals surface area contributed by atoms with E-state index in [1.807, 2.05) is 14.2 Å². The Balaban J connectivity index is 1.97. The molecule has 106 valence electrons. The van der Waals surface area contributed by atoms with E-state index in [2.05, 4.69) is 17.1 Å². The predicted octanol–water partition coefficient (Wildman–Crippen LogP) is 0.990. The van der Waals surface area contributed by atoms with Crippen molar-refractivity contribution in [2.45, 2.75) is 56.2 Å². The van der Waals surface area contributed by atoms with Gasteiger partial charge in [0.2, 0.25) is 0 Å². The number of rotatable bonds is 4. The number of methoxy groups -OCH3 is 1. The van der Waals surface area contributed by atoms with E-state index in [4.69, 9.17) is 4.74 Å². The number of likely N-dealkylation sites (tertiary alicyclic amines) is 1. The highest BCUT2D eigenvalue weighted by molar-refractivity contribution is 5.00. The molecule has 0 amide bonds. The number of ether oxygens (including phenoxy) is 1. The summed E-state index contributed by atoms with van der Waals surface area (Å²) in [5.74, 6) is 0. The standard InChI is InChI=1S/C14H28N2O2/c1-13(18-3)6-4-8-16(10-13)12-5-7-14(9-12,11-17)15-2/h12,15,17H,4-11H2,1-3H3. The maximum absolute atomic E-state index is 9.58. The predicted molar refractivity (Wildman–Crippen MR) is 72.7 cm³/mol.